The number of ether oxygens (including phenoxy) is 1. The molecule has 6 nitrogen and oxygen atoms in total. The molecular formula is C20H22N2O4. The minimum absolute atomic E-state index is 0.237. The second-order valence-corrected chi connectivity index (χ2v) is 6.19. The SMILES string of the molecule is CC(C)[C@H](NC(=O)c1ccccc1)C(=O)OC(C(N)=O)c1ccccc1. The van der Waals surface area contributed by atoms with Gasteiger partial charge in [-0.1, -0.05) is 62.4 Å². The fourth-order valence-electron chi connectivity index (χ4n) is 2.42. The summed E-state index contributed by atoms with van der Waals surface area (Å²) >= 11 is 0. The Labute approximate surface area is 152 Å². The van der Waals surface area contributed by atoms with Crippen molar-refractivity contribution in [1.29, 1.82) is 0 Å². The first-order valence-electron chi connectivity index (χ1n) is 8.30. The molecule has 0 heterocycles. The van der Waals surface area contributed by atoms with E-state index in [-0.39, 0.29) is 5.92 Å². The first kappa shape index (κ1) is 19.2. The molecule has 0 saturated carbocycles. The maximum absolute atomic E-state index is 12.6. The number of esters is 1. The molecule has 6 heteroatoms. The van der Waals surface area contributed by atoms with Crippen molar-refractivity contribution in [2.24, 2.45) is 11.7 Å². The van der Waals surface area contributed by atoms with Gasteiger partial charge < -0.3 is 15.8 Å². The largest absolute Gasteiger partial charge is 0.446 e. The van der Waals surface area contributed by atoms with Crippen LogP contribution in [0.3, 0.4) is 0 Å². The Morgan fingerprint density at radius 3 is 1.96 bits per heavy atom. The lowest BCUT2D eigenvalue weighted by molar-refractivity contribution is -0.158. The van der Waals surface area contributed by atoms with Gasteiger partial charge in [0.15, 0.2) is 0 Å². The number of nitrogens with two attached hydrogens (primary N) is 1. The summed E-state index contributed by atoms with van der Waals surface area (Å²) in [5.74, 6) is -2.12. The molecule has 2 aromatic carbocycles. The van der Waals surface area contributed by atoms with E-state index in [0.717, 1.165) is 0 Å². The highest BCUT2D eigenvalue weighted by atomic mass is 16.5. The molecular weight excluding hydrogens is 332 g/mol. The standard InChI is InChI=1S/C20H22N2O4/c1-13(2)16(22-19(24)15-11-7-4-8-12-15)20(25)26-17(18(21)23)14-9-5-3-6-10-14/h3-13,16-17H,1-2H3,(H2,21,23)(H,22,24)/t16-,17?/m0/s1. The van der Waals surface area contributed by atoms with Crippen molar-refractivity contribution in [3.05, 3.63) is 71.8 Å². The third-order valence-electron chi connectivity index (χ3n) is 3.84. The normalized spacial score (nSPS) is 12.9. The van der Waals surface area contributed by atoms with Crippen LogP contribution in [-0.4, -0.2) is 23.8 Å². The second-order valence-electron chi connectivity index (χ2n) is 6.19. The van der Waals surface area contributed by atoms with Crippen LogP contribution in [-0.2, 0) is 14.3 Å². The van der Waals surface area contributed by atoms with Crippen molar-refractivity contribution in [1.82, 2.24) is 5.32 Å². The summed E-state index contributed by atoms with van der Waals surface area (Å²) in [6.07, 6.45) is -1.21. The first-order valence-corrected chi connectivity index (χ1v) is 8.30. The van der Waals surface area contributed by atoms with Crippen molar-refractivity contribution >= 4 is 17.8 Å². The Bertz CT molecular complexity index is 760. The number of hydrogen-bond acceptors (Lipinski definition) is 4. The molecule has 0 spiro atoms. The molecule has 2 amide bonds. The number of nitrogens with one attached hydrogen (secondary N) is 1. The van der Waals surface area contributed by atoms with Gasteiger partial charge in [0, 0.05) is 11.1 Å². The smallest absolute Gasteiger partial charge is 0.330 e. The Kier molecular flexibility index (Phi) is 6.49. The summed E-state index contributed by atoms with van der Waals surface area (Å²) in [4.78, 5) is 36.7. The zero-order chi connectivity index (χ0) is 19.1. The Hall–Kier alpha value is -3.15. The van der Waals surface area contributed by atoms with E-state index in [0.29, 0.717) is 11.1 Å². The Morgan fingerprint density at radius 2 is 1.46 bits per heavy atom. The fourth-order valence-corrected chi connectivity index (χ4v) is 2.42. The number of rotatable bonds is 7. The topological polar surface area (TPSA) is 98.5 Å². The summed E-state index contributed by atoms with van der Waals surface area (Å²) in [6.45, 7) is 3.55. The van der Waals surface area contributed by atoms with Gasteiger partial charge >= 0.3 is 5.97 Å². The molecule has 0 fully saturated rings. The maximum Gasteiger partial charge on any atom is 0.330 e. The number of amides is 2. The van der Waals surface area contributed by atoms with Crippen LogP contribution in [0.1, 0.15) is 35.9 Å². The summed E-state index contributed by atoms with van der Waals surface area (Å²) in [5, 5.41) is 2.66. The quantitative estimate of drug-likeness (QED) is 0.745. The number of primary amides is 1. The lowest BCUT2D eigenvalue weighted by atomic mass is 10.0. The van der Waals surface area contributed by atoms with Gasteiger partial charge in [-0.05, 0) is 18.1 Å². The summed E-state index contributed by atoms with van der Waals surface area (Å²) in [6, 6.07) is 16.2. The minimum Gasteiger partial charge on any atom is -0.446 e. The average molecular weight is 354 g/mol. The van der Waals surface area contributed by atoms with E-state index in [1.54, 1.807) is 74.5 Å². The molecule has 1 unspecified atom stereocenters. The number of carbonyl (C=O) groups is 3. The van der Waals surface area contributed by atoms with Crippen molar-refractivity contribution in [2.75, 3.05) is 0 Å². The van der Waals surface area contributed by atoms with E-state index < -0.39 is 29.9 Å². The molecule has 0 aliphatic heterocycles. The van der Waals surface area contributed by atoms with E-state index in [9.17, 15) is 14.4 Å². The van der Waals surface area contributed by atoms with E-state index in [4.69, 9.17) is 10.5 Å². The lowest BCUT2D eigenvalue weighted by Crippen LogP contribution is -2.46. The van der Waals surface area contributed by atoms with E-state index in [2.05, 4.69) is 5.32 Å². The van der Waals surface area contributed by atoms with Gasteiger partial charge in [-0.3, -0.25) is 9.59 Å². The van der Waals surface area contributed by atoms with Gasteiger partial charge in [-0.15, -0.1) is 0 Å². The van der Waals surface area contributed by atoms with Crippen LogP contribution < -0.4 is 11.1 Å². The Morgan fingerprint density at radius 1 is 0.923 bits per heavy atom. The monoisotopic (exact) mass is 354 g/mol. The van der Waals surface area contributed by atoms with Crippen LogP contribution >= 0.6 is 0 Å². The second kappa shape index (κ2) is 8.80. The van der Waals surface area contributed by atoms with E-state index in [1.807, 2.05) is 0 Å². The highest BCUT2D eigenvalue weighted by Crippen LogP contribution is 2.19. The zero-order valence-corrected chi connectivity index (χ0v) is 14.7. The summed E-state index contributed by atoms with van der Waals surface area (Å²) in [7, 11) is 0. The molecule has 26 heavy (non-hydrogen) atoms. The number of benzene rings is 2. The molecule has 0 aliphatic carbocycles. The van der Waals surface area contributed by atoms with E-state index >= 15 is 0 Å². The van der Waals surface area contributed by atoms with Crippen LogP contribution in [0.5, 0.6) is 0 Å². The Balaban J connectivity index is 2.14. The predicted molar refractivity (Wildman–Crippen MR) is 97.0 cm³/mol. The van der Waals surface area contributed by atoms with Crippen LogP contribution in [0, 0.1) is 5.92 Å². The van der Waals surface area contributed by atoms with Crippen LogP contribution in [0.25, 0.3) is 0 Å². The van der Waals surface area contributed by atoms with Gasteiger partial charge in [0.05, 0.1) is 0 Å². The summed E-state index contributed by atoms with van der Waals surface area (Å²) < 4.78 is 5.33. The number of carbonyl (C=O) groups excluding carboxylic acids is 3. The molecule has 2 aromatic rings. The van der Waals surface area contributed by atoms with Gasteiger partial charge in [0.2, 0.25) is 6.10 Å². The first-order chi connectivity index (χ1) is 12.4. The van der Waals surface area contributed by atoms with Gasteiger partial charge in [-0.25, -0.2) is 4.79 Å². The molecule has 0 bridgehead atoms. The summed E-state index contributed by atoms with van der Waals surface area (Å²) in [5.41, 5.74) is 6.29. The van der Waals surface area contributed by atoms with Crippen LogP contribution in [0.4, 0.5) is 0 Å². The van der Waals surface area contributed by atoms with Crippen molar-refractivity contribution in [3.63, 3.8) is 0 Å². The minimum atomic E-state index is -1.21. The van der Waals surface area contributed by atoms with E-state index in [1.165, 1.54) is 0 Å². The molecule has 2 atom stereocenters. The third kappa shape index (κ3) is 4.92. The van der Waals surface area contributed by atoms with Crippen molar-refractivity contribution < 1.29 is 19.1 Å². The molecule has 2 rings (SSSR count). The van der Waals surface area contributed by atoms with Gasteiger partial charge in [0.25, 0.3) is 11.8 Å². The highest BCUT2D eigenvalue weighted by molar-refractivity contribution is 5.97. The zero-order valence-electron chi connectivity index (χ0n) is 14.7. The highest BCUT2D eigenvalue weighted by Gasteiger charge is 2.31. The van der Waals surface area contributed by atoms with Gasteiger partial charge in [-0.2, -0.15) is 0 Å². The molecule has 0 aliphatic rings. The third-order valence-corrected chi connectivity index (χ3v) is 3.84. The van der Waals surface area contributed by atoms with Gasteiger partial charge in [0.1, 0.15) is 6.04 Å². The van der Waals surface area contributed by atoms with Crippen molar-refractivity contribution in [2.45, 2.75) is 26.0 Å². The molecule has 3 N–H and O–H groups in total. The van der Waals surface area contributed by atoms with Crippen molar-refractivity contribution in [3.8, 4) is 0 Å². The maximum atomic E-state index is 12.6. The lowest BCUT2D eigenvalue weighted by Gasteiger charge is -2.23. The predicted octanol–water partition coefficient (Wildman–Crippen LogP) is 2.21. The van der Waals surface area contributed by atoms with Crippen LogP contribution in [0.15, 0.2) is 60.7 Å². The molecule has 0 saturated heterocycles. The molecule has 0 aromatic heterocycles. The molecule has 0 radical (unpaired) electrons. The molecule has 136 valence electrons. The number of hydrogen-bond donors (Lipinski definition) is 2. The fraction of sp³-hybridized carbons (Fsp3) is 0.250. The van der Waals surface area contributed by atoms with Crippen LogP contribution in [0.2, 0.25) is 0 Å². The average Bonchev–Trinajstić information content (AvgIpc) is 2.64.